The summed E-state index contributed by atoms with van der Waals surface area (Å²) in [6.07, 6.45) is 6.37. The monoisotopic (exact) mass is 486 g/mol. The van der Waals surface area contributed by atoms with Crippen molar-refractivity contribution in [1.82, 2.24) is 15.1 Å². The number of likely N-dealkylation sites (tertiary alicyclic amines) is 1. The Bertz CT molecular complexity index is 657. The number of phenols is 1. The molecule has 6 nitrogen and oxygen atoms in total. The third-order valence-corrected chi connectivity index (χ3v) is 5.11. The summed E-state index contributed by atoms with van der Waals surface area (Å²) in [5, 5.41) is 13.6. The molecule has 2 heterocycles. The first-order valence-electron chi connectivity index (χ1n) is 9.50. The van der Waals surface area contributed by atoms with Crippen molar-refractivity contribution < 1.29 is 9.84 Å². The topological polar surface area (TPSA) is 60.3 Å². The first-order valence-corrected chi connectivity index (χ1v) is 9.50. The Balaban J connectivity index is 0.00000261. The second kappa shape index (κ2) is 10.8. The lowest BCUT2D eigenvalue weighted by Gasteiger charge is -2.25. The third-order valence-electron chi connectivity index (χ3n) is 5.11. The number of rotatable bonds is 6. The van der Waals surface area contributed by atoms with Gasteiger partial charge in [0.25, 0.3) is 0 Å². The molecule has 3 rings (SSSR count). The second-order valence-electron chi connectivity index (χ2n) is 6.77. The van der Waals surface area contributed by atoms with Crippen LogP contribution in [0.4, 0.5) is 0 Å². The normalized spacial score (nSPS) is 20.0. The second-order valence-corrected chi connectivity index (χ2v) is 6.77. The number of aromatic hydroxyl groups is 1. The summed E-state index contributed by atoms with van der Waals surface area (Å²) in [5.74, 6) is 1.71. The maximum Gasteiger partial charge on any atom is 0.193 e. The number of benzene rings is 1. The van der Waals surface area contributed by atoms with Crippen molar-refractivity contribution in [3.63, 3.8) is 0 Å². The summed E-state index contributed by atoms with van der Waals surface area (Å²) in [6, 6.07) is 6.20. The molecule has 2 aliphatic rings. The molecule has 0 bridgehead atoms. The smallest absolute Gasteiger partial charge is 0.193 e. The van der Waals surface area contributed by atoms with Gasteiger partial charge in [0.2, 0.25) is 0 Å². The van der Waals surface area contributed by atoms with Crippen LogP contribution in [0.15, 0.2) is 35.3 Å². The summed E-state index contributed by atoms with van der Waals surface area (Å²) in [6.45, 7) is 7.80. The summed E-state index contributed by atoms with van der Waals surface area (Å²) < 4.78 is 5.18. The Hall–Kier alpha value is -1.48. The number of methoxy groups -OCH3 is 1. The molecule has 1 unspecified atom stereocenters. The summed E-state index contributed by atoms with van der Waals surface area (Å²) in [7, 11) is 1.57. The minimum absolute atomic E-state index is 0. The molecular formula is C20H31IN4O2. The van der Waals surface area contributed by atoms with Crippen molar-refractivity contribution in [2.75, 3.05) is 46.4 Å². The highest BCUT2D eigenvalue weighted by atomic mass is 127. The first-order chi connectivity index (χ1) is 12.7. The number of guanidine groups is 1. The number of hydrogen-bond donors (Lipinski definition) is 2. The van der Waals surface area contributed by atoms with E-state index < -0.39 is 0 Å². The number of para-hydroxylation sites is 1. The fourth-order valence-corrected chi connectivity index (χ4v) is 3.67. The Morgan fingerprint density at radius 3 is 2.81 bits per heavy atom. The fourth-order valence-electron chi connectivity index (χ4n) is 3.67. The van der Waals surface area contributed by atoms with Gasteiger partial charge in [-0.1, -0.05) is 24.3 Å². The van der Waals surface area contributed by atoms with Crippen LogP contribution in [0.1, 0.15) is 18.9 Å². The maximum absolute atomic E-state index is 10.2. The minimum Gasteiger partial charge on any atom is -0.504 e. The number of aliphatic imine (C=N–C) groups is 1. The molecule has 1 saturated heterocycles. The zero-order chi connectivity index (χ0) is 18.4. The van der Waals surface area contributed by atoms with Gasteiger partial charge in [-0.15, -0.1) is 24.0 Å². The number of ether oxygens (including phenoxy) is 1. The molecule has 1 aromatic rings. The van der Waals surface area contributed by atoms with E-state index in [1.807, 2.05) is 12.1 Å². The molecule has 27 heavy (non-hydrogen) atoms. The summed E-state index contributed by atoms with van der Waals surface area (Å²) >= 11 is 0. The molecule has 1 fully saturated rings. The van der Waals surface area contributed by atoms with Gasteiger partial charge in [-0.25, -0.2) is 0 Å². The lowest BCUT2D eigenvalue weighted by molar-refractivity contribution is 0.259. The standard InChI is InChI=1S/C20H30N4O2.HI/c1-3-21-20(24-14-10-17(15-24)23-12-4-5-13-23)22-11-9-16-7-6-8-18(26-2)19(16)25;/h4-8,17,25H,3,9-15H2,1-2H3,(H,21,22);1H. The van der Waals surface area contributed by atoms with Crippen molar-refractivity contribution in [1.29, 1.82) is 0 Å². The van der Waals surface area contributed by atoms with Crippen LogP contribution in [0.3, 0.4) is 0 Å². The van der Waals surface area contributed by atoms with E-state index in [0.717, 1.165) is 44.2 Å². The molecule has 150 valence electrons. The average molecular weight is 486 g/mol. The SMILES string of the molecule is CCNC(=NCCc1cccc(OC)c1O)N1CCC(N2CC=CC2)C1.I. The van der Waals surface area contributed by atoms with Crippen molar-refractivity contribution in [2.45, 2.75) is 25.8 Å². The van der Waals surface area contributed by atoms with Gasteiger partial charge in [-0.05, 0) is 31.4 Å². The number of halogens is 1. The van der Waals surface area contributed by atoms with Crippen LogP contribution in [0.5, 0.6) is 11.5 Å². The highest BCUT2D eigenvalue weighted by Gasteiger charge is 2.29. The van der Waals surface area contributed by atoms with Crippen molar-refractivity contribution >= 4 is 29.9 Å². The minimum atomic E-state index is 0. The van der Waals surface area contributed by atoms with Gasteiger partial charge in [-0.2, -0.15) is 0 Å². The molecule has 2 N–H and O–H groups in total. The van der Waals surface area contributed by atoms with E-state index >= 15 is 0 Å². The third kappa shape index (κ3) is 5.51. The van der Waals surface area contributed by atoms with Crippen molar-refractivity contribution in [3.05, 3.63) is 35.9 Å². The molecule has 1 aromatic carbocycles. The Morgan fingerprint density at radius 1 is 1.33 bits per heavy atom. The Labute approximate surface area is 179 Å². The van der Waals surface area contributed by atoms with Crippen molar-refractivity contribution in [2.24, 2.45) is 4.99 Å². The van der Waals surface area contributed by atoms with Gasteiger partial charge < -0.3 is 20.1 Å². The number of phenolic OH excluding ortho intramolecular Hbond substituents is 1. The van der Waals surface area contributed by atoms with Gasteiger partial charge >= 0.3 is 0 Å². The van der Waals surface area contributed by atoms with Gasteiger partial charge in [-0.3, -0.25) is 9.89 Å². The van der Waals surface area contributed by atoms with E-state index in [0.29, 0.717) is 24.8 Å². The first kappa shape index (κ1) is 21.8. The largest absolute Gasteiger partial charge is 0.504 e. The Kier molecular flexibility index (Phi) is 8.69. The predicted octanol–water partition coefficient (Wildman–Crippen LogP) is 2.47. The van der Waals surface area contributed by atoms with Crippen LogP contribution in [0.25, 0.3) is 0 Å². The van der Waals surface area contributed by atoms with E-state index in [2.05, 4.69) is 34.2 Å². The van der Waals surface area contributed by atoms with Gasteiger partial charge in [0.15, 0.2) is 17.5 Å². The number of nitrogens with one attached hydrogen (secondary N) is 1. The zero-order valence-corrected chi connectivity index (χ0v) is 18.6. The van der Waals surface area contributed by atoms with E-state index in [4.69, 9.17) is 9.73 Å². The van der Waals surface area contributed by atoms with Crippen LogP contribution < -0.4 is 10.1 Å². The van der Waals surface area contributed by atoms with Crippen LogP contribution in [-0.4, -0.2) is 73.3 Å². The molecule has 0 amide bonds. The quantitative estimate of drug-likeness (QED) is 0.280. The van der Waals surface area contributed by atoms with E-state index in [1.165, 1.54) is 6.42 Å². The van der Waals surface area contributed by atoms with E-state index in [9.17, 15) is 5.11 Å². The molecule has 0 radical (unpaired) electrons. The molecule has 0 spiro atoms. The van der Waals surface area contributed by atoms with Crippen LogP contribution in [-0.2, 0) is 6.42 Å². The Morgan fingerprint density at radius 2 is 2.11 bits per heavy atom. The highest BCUT2D eigenvalue weighted by Crippen LogP contribution is 2.29. The lowest BCUT2D eigenvalue weighted by Crippen LogP contribution is -2.43. The van der Waals surface area contributed by atoms with Crippen molar-refractivity contribution in [3.8, 4) is 11.5 Å². The molecule has 0 aliphatic carbocycles. The zero-order valence-electron chi connectivity index (χ0n) is 16.2. The van der Waals surface area contributed by atoms with Gasteiger partial charge in [0.1, 0.15) is 0 Å². The van der Waals surface area contributed by atoms with E-state index in [-0.39, 0.29) is 29.7 Å². The molecule has 0 saturated carbocycles. The summed E-state index contributed by atoms with van der Waals surface area (Å²) in [4.78, 5) is 9.68. The molecule has 7 heteroatoms. The van der Waals surface area contributed by atoms with Gasteiger partial charge in [0.05, 0.1) is 7.11 Å². The van der Waals surface area contributed by atoms with Crippen LogP contribution >= 0.6 is 24.0 Å². The van der Waals surface area contributed by atoms with E-state index in [1.54, 1.807) is 13.2 Å². The fraction of sp³-hybridized carbons (Fsp3) is 0.550. The van der Waals surface area contributed by atoms with Gasteiger partial charge in [0, 0.05) is 45.3 Å². The van der Waals surface area contributed by atoms with Crippen LogP contribution in [0, 0.1) is 0 Å². The molecular weight excluding hydrogens is 455 g/mol. The number of hydrogen-bond acceptors (Lipinski definition) is 4. The average Bonchev–Trinajstić information content (AvgIpc) is 3.34. The maximum atomic E-state index is 10.2. The lowest BCUT2D eigenvalue weighted by atomic mass is 10.1. The molecule has 1 atom stereocenters. The highest BCUT2D eigenvalue weighted by molar-refractivity contribution is 14.0. The number of nitrogens with zero attached hydrogens (tertiary/aromatic N) is 3. The predicted molar refractivity (Wildman–Crippen MR) is 120 cm³/mol. The molecule has 2 aliphatic heterocycles. The summed E-state index contributed by atoms with van der Waals surface area (Å²) in [5.41, 5.74) is 0.867. The molecule has 0 aromatic heterocycles. The van der Waals surface area contributed by atoms with Crippen LogP contribution in [0.2, 0.25) is 0 Å².